The minimum Gasteiger partial charge on any atom is -0.508 e. The van der Waals surface area contributed by atoms with Crippen molar-refractivity contribution in [2.45, 2.75) is 12.5 Å². The number of aromatic hydroxyl groups is 1. The first-order valence-electron chi connectivity index (χ1n) is 4.38. The first-order valence-corrected chi connectivity index (χ1v) is 4.38. The molecule has 1 aromatic carbocycles. The van der Waals surface area contributed by atoms with Gasteiger partial charge in [0.1, 0.15) is 18.1 Å². The lowest BCUT2D eigenvalue weighted by Gasteiger charge is -2.26. The number of phenols is 1. The van der Waals surface area contributed by atoms with E-state index in [1.54, 1.807) is 24.3 Å². The first-order chi connectivity index (χ1) is 6.34. The van der Waals surface area contributed by atoms with Gasteiger partial charge in [-0.2, -0.15) is 0 Å². The summed E-state index contributed by atoms with van der Waals surface area (Å²) in [5, 5.41) is 9.01. The van der Waals surface area contributed by atoms with Gasteiger partial charge in [-0.3, -0.25) is 0 Å². The molecule has 1 fully saturated rings. The van der Waals surface area contributed by atoms with Gasteiger partial charge in [0.05, 0.1) is 6.10 Å². The van der Waals surface area contributed by atoms with Crippen molar-refractivity contribution in [3.8, 4) is 11.5 Å². The van der Waals surface area contributed by atoms with E-state index < -0.39 is 0 Å². The van der Waals surface area contributed by atoms with Crippen LogP contribution >= 0.6 is 0 Å². The van der Waals surface area contributed by atoms with Gasteiger partial charge in [-0.05, 0) is 24.3 Å². The monoisotopic (exact) mass is 180 g/mol. The van der Waals surface area contributed by atoms with E-state index in [0.717, 1.165) is 18.8 Å². The van der Waals surface area contributed by atoms with E-state index in [0.29, 0.717) is 6.61 Å². The quantitative estimate of drug-likeness (QED) is 0.767. The molecular weight excluding hydrogens is 168 g/mol. The Hall–Kier alpha value is -1.22. The van der Waals surface area contributed by atoms with Crippen LogP contribution in [0.3, 0.4) is 0 Å². The number of rotatable bonds is 3. The predicted molar refractivity (Wildman–Crippen MR) is 48.0 cm³/mol. The molecule has 1 aliphatic heterocycles. The van der Waals surface area contributed by atoms with E-state index in [4.69, 9.17) is 14.6 Å². The van der Waals surface area contributed by atoms with Gasteiger partial charge in [0, 0.05) is 13.0 Å². The molecule has 1 aliphatic rings. The van der Waals surface area contributed by atoms with Crippen molar-refractivity contribution in [1.82, 2.24) is 0 Å². The van der Waals surface area contributed by atoms with Crippen LogP contribution in [0.15, 0.2) is 24.3 Å². The van der Waals surface area contributed by atoms with Crippen molar-refractivity contribution in [2.24, 2.45) is 0 Å². The summed E-state index contributed by atoms with van der Waals surface area (Å²) in [7, 11) is 0. The summed E-state index contributed by atoms with van der Waals surface area (Å²) in [5.74, 6) is 1.03. The predicted octanol–water partition coefficient (Wildman–Crippen LogP) is 1.56. The molecule has 3 heteroatoms. The summed E-state index contributed by atoms with van der Waals surface area (Å²) in [6, 6.07) is 6.70. The maximum Gasteiger partial charge on any atom is 0.119 e. The highest BCUT2D eigenvalue weighted by atomic mass is 16.5. The van der Waals surface area contributed by atoms with Crippen molar-refractivity contribution < 1.29 is 14.6 Å². The Balaban J connectivity index is 1.83. The van der Waals surface area contributed by atoms with E-state index in [-0.39, 0.29) is 11.9 Å². The molecule has 1 N–H and O–H groups in total. The smallest absolute Gasteiger partial charge is 0.119 e. The summed E-state index contributed by atoms with van der Waals surface area (Å²) >= 11 is 0. The molecule has 3 nitrogen and oxygen atoms in total. The standard InChI is InChI=1S/C10H12O3/c11-8-1-3-9(4-2-8)13-7-10-5-6-12-10/h1-4,10-11H,5-7H2. The number of benzene rings is 1. The Bertz CT molecular complexity index is 264. The Morgan fingerprint density at radius 2 is 2.08 bits per heavy atom. The van der Waals surface area contributed by atoms with E-state index in [9.17, 15) is 0 Å². The SMILES string of the molecule is Oc1ccc(OCC2CCO2)cc1. The molecule has 0 aromatic heterocycles. The molecule has 0 amide bonds. The lowest BCUT2D eigenvalue weighted by Crippen LogP contribution is -2.32. The summed E-state index contributed by atoms with van der Waals surface area (Å²) in [4.78, 5) is 0. The molecule has 0 bridgehead atoms. The summed E-state index contributed by atoms with van der Waals surface area (Å²) in [5.41, 5.74) is 0. The summed E-state index contributed by atoms with van der Waals surface area (Å²) in [6.45, 7) is 1.45. The molecule has 1 heterocycles. The van der Waals surface area contributed by atoms with Crippen molar-refractivity contribution in [1.29, 1.82) is 0 Å². The van der Waals surface area contributed by atoms with Crippen LogP contribution in [0.1, 0.15) is 6.42 Å². The highest BCUT2D eigenvalue weighted by Crippen LogP contribution is 2.18. The molecule has 1 saturated heterocycles. The van der Waals surface area contributed by atoms with Crippen LogP contribution in [0.2, 0.25) is 0 Å². The molecule has 13 heavy (non-hydrogen) atoms. The minimum absolute atomic E-state index is 0.257. The van der Waals surface area contributed by atoms with Gasteiger partial charge in [0.25, 0.3) is 0 Å². The molecular formula is C10H12O3. The topological polar surface area (TPSA) is 38.7 Å². The second kappa shape index (κ2) is 3.66. The van der Waals surface area contributed by atoms with Crippen LogP contribution in [-0.2, 0) is 4.74 Å². The van der Waals surface area contributed by atoms with Crippen LogP contribution in [0.25, 0.3) is 0 Å². The average molecular weight is 180 g/mol. The minimum atomic E-state index is 0.257. The fourth-order valence-electron chi connectivity index (χ4n) is 1.15. The van der Waals surface area contributed by atoms with Gasteiger partial charge in [0.2, 0.25) is 0 Å². The summed E-state index contributed by atoms with van der Waals surface area (Å²) in [6.07, 6.45) is 1.34. The van der Waals surface area contributed by atoms with E-state index in [1.165, 1.54) is 0 Å². The molecule has 1 aromatic rings. The lowest BCUT2D eigenvalue weighted by molar-refractivity contribution is -0.0720. The number of phenolic OH excluding ortho intramolecular Hbond substituents is 1. The van der Waals surface area contributed by atoms with Crippen LogP contribution in [0.5, 0.6) is 11.5 Å². The van der Waals surface area contributed by atoms with Gasteiger partial charge in [-0.15, -0.1) is 0 Å². The van der Waals surface area contributed by atoms with Gasteiger partial charge in [0.15, 0.2) is 0 Å². The second-order valence-corrected chi connectivity index (χ2v) is 3.09. The normalized spacial score (nSPS) is 20.8. The Labute approximate surface area is 76.9 Å². The highest BCUT2D eigenvalue weighted by Gasteiger charge is 2.18. The van der Waals surface area contributed by atoms with E-state index in [2.05, 4.69) is 0 Å². The average Bonchev–Trinajstić information content (AvgIpc) is 2.05. The van der Waals surface area contributed by atoms with Crippen LogP contribution in [0.4, 0.5) is 0 Å². The van der Waals surface area contributed by atoms with E-state index in [1.807, 2.05) is 0 Å². The molecule has 0 spiro atoms. The number of hydrogen-bond acceptors (Lipinski definition) is 3. The number of ether oxygens (including phenoxy) is 2. The summed E-state index contributed by atoms with van der Waals surface area (Å²) < 4.78 is 10.6. The lowest BCUT2D eigenvalue weighted by atomic mass is 10.2. The van der Waals surface area contributed by atoms with E-state index >= 15 is 0 Å². The second-order valence-electron chi connectivity index (χ2n) is 3.09. The zero-order valence-electron chi connectivity index (χ0n) is 7.27. The van der Waals surface area contributed by atoms with Gasteiger partial charge < -0.3 is 14.6 Å². The largest absolute Gasteiger partial charge is 0.508 e. The van der Waals surface area contributed by atoms with Crippen molar-refractivity contribution in [3.05, 3.63) is 24.3 Å². The Kier molecular flexibility index (Phi) is 2.36. The maximum atomic E-state index is 9.01. The van der Waals surface area contributed by atoms with Gasteiger partial charge >= 0.3 is 0 Å². The van der Waals surface area contributed by atoms with Gasteiger partial charge in [-0.1, -0.05) is 0 Å². The van der Waals surface area contributed by atoms with Crippen molar-refractivity contribution >= 4 is 0 Å². The highest BCUT2D eigenvalue weighted by molar-refractivity contribution is 5.30. The fraction of sp³-hybridized carbons (Fsp3) is 0.400. The number of hydrogen-bond donors (Lipinski definition) is 1. The van der Waals surface area contributed by atoms with Crippen LogP contribution in [0, 0.1) is 0 Å². The Morgan fingerprint density at radius 1 is 1.38 bits per heavy atom. The zero-order chi connectivity index (χ0) is 9.10. The molecule has 0 aliphatic carbocycles. The molecule has 0 saturated carbocycles. The third-order valence-corrected chi connectivity index (χ3v) is 2.07. The molecule has 1 unspecified atom stereocenters. The Morgan fingerprint density at radius 3 is 2.62 bits per heavy atom. The first kappa shape index (κ1) is 8.38. The molecule has 0 radical (unpaired) electrons. The van der Waals surface area contributed by atoms with Crippen molar-refractivity contribution in [2.75, 3.05) is 13.2 Å². The zero-order valence-corrected chi connectivity index (χ0v) is 7.27. The fourth-order valence-corrected chi connectivity index (χ4v) is 1.15. The molecule has 1 atom stereocenters. The third-order valence-electron chi connectivity index (χ3n) is 2.07. The van der Waals surface area contributed by atoms with Gasteiger partial charge in [-0.25, -0.2) is 0 Å². The third kappa shape index (κ3) is 2.12. The van der Waals surface area contributed by atoms with Crippen molar-refractivity contribution in [3.63, 3.8) is 0 Å². The van der Waals surface area contributed by atoms with Crippen LogP contribution < -0.4 is 4.74 Å². The molecule has 2 rings (SSSR count). The molecule has 70 valence electrons. The maximum absolute atomic E-state index is 9.01. The van der Waals surface area contributed by atoms with Crippen LogP contribution in [-0.4, -0.2) is 24.4 Å².